The van der Waals surface area contributed by atoms with Crippen LogP contribution >= 0.6 is 11.8 Å². The van der Waals surface area contributed by atoms with E-state index in [1.807, 2.05) is 18.2 Å². The summed E-state index contributed by atoms with van der Waals surface area (Å²) in [4.78, 5) is 1.18. The zero-order valence-electron chi connectivity index (χ0n) is 13.4. The Labute approximate surface area is 142 Å². The third-order valence-electron chi connectivity index (χ3n) is 3.83. The van der Waals surface area contributed by atoms with Crippen molar-refractivity contribution in [2.75, 3.05) is 25.4 Å². The van der Waals surface area contributed by atoms with Gasteiger partial charge in [-0.2, -0.15) is 0 Å². The highest BCUT2D eigenvalue weighted by atomic mass is 32.2. The molecule has 3 rings (SSSR count). The second kappa shape index (κ2) is 8.39. The standard InChI is InChI=1S/C19H23NO2S/c1-2-23-18-11-7-6-10-16(18)22-19(15-8-4-3-5-9-15)17-14-20-12-13-21-17/h3-11,17,19-20H,2,12-14H2,1H3/t17-,19-/m0/s1. The molecule has 0 radical (unpaired) electrons. The minimum atomic E-state index is -0.109. The average molecular weight is 329 g/mol. The molecule has 2 aromatic rings. The first-order valence-corrected chi connectivity index (χ1v) is 9.13. The van der Waals surface area contributed by atoms with Gasteiger partial charge < -0.3 is 14.8 Å². The molecule has 1 aliphatic heterocycles. The molecule has 1 N–H and O–H groups in total. The highest BCUT2D eigenvalue weighted by Crippen LogP contribution is 2.34. The van der Waals surface area contributed by atoms with Crippen LogP contribution in [0.4, 0.5) is 0 Å². The number of ether oxygens (including phenoxy) is 2. The lowest BCUT2D eigenvalue weighted by molar-refractivity contribution is -0.0440. The molecule has 23 heavy (non-hydrogen) atoms. The molecular weight excluding hydrogens is 306 g/mol. The number of morpholine rings is 1. The van der Waals surface area contributed by atoms with Crippen molar-refractivity contribution < 1.29 is 9.47 Å². The number of nitrogens with one attached hydrogen (secondary N) is 1. The molecule has 4 heteroatoms. The summed E-state index contributed by atoms with van der Waals surface area (Å²) >= 11 is 1.80. The zero-order chi connectivity index (χ0) is 15.9. The van der Waals surface area contributed by atoms with Crippen molar-refractivity contribution in [2.45, 2.75) is 24.0 Å². The van der Waals surface area contributed by atoms with Crippen molar-refractivity contribution in [2.24, 2.45) is 0 Å². The van der Waals surface area contributed by atoms with E-state index in [2.05, 4.69) is 48.6 Å². The lowest BCUT2D eigenvalue weighted by Crippen LogP contribution is -2.43. The van der Waals surface area contributed by atoms with Crippen LogP contribution in [0.25, 0.3) is 0 Å². The van der Waals surface area contributed by atoms with E-state index in [9.17, 15) is 0 Å². The van der Waals surface area contributed by atoms with E-state index >= 15 is 0 Å². The molecule has 2 atom stereocenters. The Morgan fingerprint density at radius 2 is 1.96 bits per heavy atom. The van der Waals surface area contributed by atoms with E-state index in [1.165, 1.54) is 4.90 Å². The van der Waals surface area contributed by atoms with Gasteiger partial charge in [-0.15, -0.1) is 11.8 Å². The van der Waals surface area contributed by atoms with Gasteiger partial charge in [-0.1, -0.05) is 49.4 Å². The third-order valence-corrected chi connectivity index (χ3v) is 4.76. The molecule has 0 spiro atoms. The van der Waals surface area contributed by atoms with Crippen LogP contribution in [0.15, 0.2) is 59.5 Å². The average Bonchev–Trinajstić information content (AvgIpc) is 2.63. The fourth-order valence-corrected chi connectivity index (χ4v) is 3.48. The fourth-order valence-electron chi connectivity index (χ4n) is 2.74. The molecule has 0 bridgehead atoms. The normalized spacial score (nSPS) is 19.3. The first-order chi connectivity index (χ1) is 11.4. The number of thioether (sulfide) groups is 1. The quantitative estimate of drug-likeness (QED) is 0.814. The molecule has 0 saturated carbocycles. The molecule has 0 unspecified atom stereocenters. The Balaban J connectivity index is 1.86. The van der Waals surface area contributed by atoms with Crippen LogP contribution in [0.3, 0.4) is 0 Å². The van der Waals surface area contributed by atoms with Gasteiger partial charge in [-0.25, -0.2) is 0 Å². The topological polar surface area (TPSA) is 30.5 Å². The maximum atomic E-state index is 6.44. The third kappa shape index (κ3) is 4.28. The van der Waals surface area contributed by atoms with Crippen molar-refractivity contribution in [3.05, 3.63) is 60.2 Å². The summed E-state index contributed by atoms with van der Waals surface area (Å²) in [6.07, 6.45) is -0.0894. The molecule has 1 heterocycles. The number of benzene rings is 2. The van der Waals surface area contributed by atoms with E-state index < -0.39 is 0 Å². The lowest BCUT2D eigenvalue weighted by atomic mass is 10.0. The summed E-state index contributed by atoms with van der Waals surface area (Å²) in [5, 5.41) is 3.40. The molecule has 1 saturated heterocycles. The van der Waals surface area contributed by atoms with Crippen LogP contribution in [0.1, 0.15) is 18.6 Å². The molecule has 0 aliphatic carbocycles. The molecular formula is C19H23NO2S. The maximum Gasteiger partial charge on any atom is 0.151 e. The van der Waals surface area contributed by atoms with Gasteiger partial charge in [0.05, 0.1) is 6.61 Å². The number of rotatable bonds is 6. The molecule has 1 aliphatic rings. The Kier molecular flexibility index (Phi) is 5.97. The maximum absolute atomic E-state index is 6.44. The lowest BCUT2D eigenvalue weighted by Gasteiger charge is -2.32. The van der Waals surface area contributed by atoms with E-state index in [4.69, 9.17) is 9.47 Å². The highest BCUT2D eigenvalue weighted by molar-refractivity contribution is 7.99. The summed E-state index contributed by atoms with van der Waals surface area (Å²) in [6.45, 7) is 4.59. The second-order valence-electron chi connectivity index (χ2n) is 5.44. The SMILES string of the molecule is CCSc1ccccc1O[C@@H](c1ccccc1)[C@@H]1CNCCO1. The Morgan fingerprint density at radius 1 is 1.17 bits per heavy atom. The number of hydrogen-bond donors (Lipinski definition) is 1. The van der Waals surface area contributed by atoms with Crippen LogP contribution in [0.2, 0.25) is 0 Å². The molecule has 0 aromatic heterocycles. The van der Waals surface area contributed by atoms with Gasteiger partial charge in [0.25, 0.3) is 0 Å². The van der Waals surface area contributed by atoms with Gasteiger partial charge in [0, 0.05) is 18.0 Å². The molecule has 1 fully saturated rings. The Hall–Kier alpha value is -1.49. The minimum absolute atomic E-state index is 0.0193. The Bertz CT molecular complexity index is 599. The summed E-state index contributed by atoms with van der Waals surface area (Å²) in [7, 11) is 0. The van der Waals surface area contributed by atoms with Gasteiger partial charge in [0.1, 0.15) is 11.9 Å². The van der Waals surface area contributed by atoms with Gasteiger partial charge in [0.15, 0.2) is 6.10 Å². The van der Waals surface area contributed by atoms with Crippen molar-refractivity contribution in [3.8, 4) is 5.75 Å². The highest BCUT2D eigenvalue weighted by Gasteiger charge is 2.28. The number of hydrogen-bond acceptors (Lipinski definition) is 4. The summed E-state index contributed by atoms with van der Waals surface area (Å²) in [5.41, 5.74) is 1.15. The monoisotopic (exact) mass is 329 g/mol. The molecule has 3 nitrogen and oxygen atoms in total. The summed E-state index contributed by atoms with van der Waals surface area (Å²) < 4.78 is 12.4. The second-order valence-corrected chi connectivity index (χ2v) is 6.75. The number of para-hydroxylation sites is 1. The predicted octanol–water partition coefficient (Wildman–Crippen LogP) is 3.91. The largest absolute Gasteiger partial charge is 0.482 e. The van der Waals surface area contributed by atoms with Gasteiger partial charge in [-0.05, 0) is 23.4 Å². The molecule has 0 amide bonds. The van der Waals surface area contributed by atoms with Crippen molar-refractivity contribution >= 4 is 11.8 Å². The van der Waals surface area contributed by atoms with Gasteiger partial charge in [-0.3, -0.25) is 0 Å². The summed E-state index contributed by atoms with van der Waals surface area (Å²) in [6, 6.07) is 18.6. The Morgan fingerprint density at radius 3 is 2.70 bits per heavy atom. The zero-order valence-corrected chi connectivity index (χ0v) is 14.2. The van der Waals surface area contributed by atoms with E-state index in [0.29, 0.717) is 0 Å². The predicted molar refractivity (Wildman–Crippen MR) is 95.3 cm³/mol. The van der Waals surface area contributed by atoms with E-state index in [0.717, 1.165) is 36.8 Å². The van der Waals surface area contributed by atoms with Crippen LogP contribution in [-0.4, -0.2) is 31.6 Å². The van der Waals surface area contributed by atoms with E-state index in [-0.39, 0.29) is 12.2 Å². The summed E-state index contributed by atoms with van der Waals surface area (Å²) in [5.74, 6) is 1.96. The smallest absolute Gasteiger partial charge is 0.151 e. The first kappa shape index (κ1) is 16.4. The van der Waals surface area contributed by atoms with Crippen LogP contribution < -0.4 is 10.1 Å². The van der Waals surface area contributed by atoms with Crippen LogP contribution in [0, 0.1) is 0 Å². The van der Waals surface area contributed by atoms with Gasteiger partial charge in [0.2, 0.25) is 0 Å². The minimum Gasteiger partial charge on any atom is -0.482 e. The molecule has 122 valence electrons. The van der Waals surface area contributed by atoms with E-state index in [1.54, 1.807) is 11.8 Å². The van der Waals surface area contributed by atoms with Crippen molar-refractivity contribution in [1.82, 2.24) is 5.32 Å². The molecule has 2 aromatic carbocycles. The van der Waals surface area contributed by atoms with Crippen LogP contribution in [-0.2, 0) is 4.74 Å². The van der Waals surface area contributed by atoms with Crippen molar-refractivity contribution in [1.29, 1.82) is 0 Å². The fraction of sp³-hybridized carbons (Fsp3) is 0.368. The van der Waals surface area contributed by atoms with Crippen molar-refractivity contribution in [3.63, 3.8) is 0 Å². The first-order valence-electron chi connectivity index (χ1n) is 8.14. The van der Waals surface area contributed by atoms with Gasteiger partial charge >= 0.3 is 0 Å². The van der Waals surface area contributed by atoms with Crippen LogP contribution in [0.5, 0.6) is 5.75 Å².